The van der Waals surface area contributed by atoms with E-state index in [0.717, 1.165) is 12.8 Å². The maximum atomic E-state index is 12.2. The highest BCUT2D eigenvalue weighted by Gasteiger charge is 2.22. The van der Waals surface area contributed by atoms with Crippen LogP contribution in [-0.2, 0) is 14.6 Å². The van der Waals surface area contributed by atoms with Crippen molar-refractivity contribution in [3.8, 4) is 0 Å². The summed E-state index contributed by atoms with van der Waals surface area (Å²) in [6.07, 6.45) is 2.29. The van der Waals surface area contributed by atoms with E-state index in [0.29, 0.717) is 13.0 Å². The number of hydrogen-bond donors (Lipinski definition) is 1. The molecule has 1 unspecified atom stereocenters. The molecule has 1 aliphatic rings. The summed E-state index contributed by atoms with van der Waals surface area (Å²) in [6.45, 7) is 0.684. The summed E-state index contributed by atoms with van der Waals surface area (Å²) < 4.78 is 29.7. The molecule has 1 N–H and O–H groups in total. The molecule has 0 amide bonds. The van der Waals surface area contributed by atoms with Crippen molar-refractivity contribution in [1.82, 2.24) is 0 Å². The largest absolute Gasteiger partial charge is 0.478 e. The van der Waals surface area contributed by atoms with Crippen LogP contribution in [0.25, 0.3) is 0 Å². The van der Waals surface area contributed by atoms with Gasteiger partial charge in [-0.2, -0.15) is 0 Å². The highest BCUT2D eigenvalue weighted by Crippen LogP contribution is 2.23. The Bertz CT molecular complexity index is 605. The van der Waals surface area contributed by atoms with Crippen LogP contribution in [0.4, 0.5) is 0 Å². The average Bonchev–Trinajstić information content (AvgIpc) is 2.89. The Hall–Kier alpha value is -1.11. The van der Waals surface area contributed by atoms with E-state index in [-0.39, 0.29) is 27.3 Å². The van der Waals surface area contributed by atoms with Crippen LogP contribution in [0, 0.1) is 0 Å². The fourth-order valence-corrected chi connectivity index (χ4v) is 3.85. The summed E-state index contributed by atoms with van der Waals surface area (Å²) in [7, 11) is -3.47. The summed E-state index contributed by atoms with van der Waals surface area (Å²) in [4.78, 5) is 10.9. The molecule has 1 fully saturated rings. The van der Waals surface area contributed by atoms with E-state index in [2.05, 4.69) is 0 Å². The molecule has 20 heavy (non-hydrogen) atoms. The zero-order valence-corrected chi connectivity index (χ0v) is 12.3. The average molecular weight is 319 g/mol. The zero-order valence-electron chi connectivity index (χ0n) is 10.7. The Morgan fingerprint density at radius 3 is 2.75 bits per heavy atom. The van der Waals surface area contributed by atoms with E-state index in [1.807, 2.05) is 0 Å². The summed E-state index contributed by atoms with van der Waals surface area (Å²) in [5.74, 6) is -1.21. The van der Waals surface area contributed by atoms with Crippen LogP contribution in [-0.4, -0.2) is 38.0 Å². The quantitative estimate of drug-likeness (QED) is 0.901. The Morgan fingerprint density at radius 2 is 2.20 bits per heavy atom. The zero-order chi connectivity index (χ0) is 14.8. The number of benzene rings is 1. The number of carboxylic acids is 1. The van der Waals surface area contributed by atoms with Gasteiger partial charge in [-0.25, -0.2) is 13.2 Å². The molecule has 1 aromatic carbocycles. The normalized spacial score (nSPS) is 19.1. The van der Waals surface area contributed by atoms with Gasteiger partial charge in [-0.1, -0.05) is 11.6 Å². The highest BCUT2D eigenvalue weighted by atomic mass is 35.5. The van der Waals surface area contributed by atoms with Gasteiger partial charge in [0.1, 0.15) is 0 Å². The Balaban J connectivity index is 2.12. The van der Waals surface area contributed by atoms with E-state index in [9.17, 15) is 13.2 Å². The number of aromatic carboxylic acids is 1. The first-order valence-corrected chi connectivity index (χ1v) is 8.30. The predicted octanol–water partition coefficient (Wildman–Crippen LogP) is 2.38. The smallest absolute Gasteiger partial charge is 0.337 e. The lowest BCUT2D eigenvalue weighted by atomic mass is 10.2. The third kappa shape index (κ3) is 3.50. The number of rotatable bonds is 5. The fourth-order valence-electron chi connectivity index (χ4n) is 2.14. The Kier molecular flexibility index (Phi) is 4.67. The number of halogens is 1. The monoisotopic (exact) mass is 318 g/mol. The predicted molar refractivity (Wildman–Crippen MR) is 74.1 cm³/mol. The number of sulfone groups is 1. The first-order chi connectivity index (χ1) is 9.40. The third-order valence-corrected chi connectivity index (χ3v) is 5.32. The summed E-state index contributed by atoms with van der Waals surface area (Å²) in [6, 6.07) is 3.68. The molecule has 5 nitrogen and oxygen atoms in total. The van der Waals surface area contributed by atoms with Gasteiger partial charge >= 0.3 is 5.97 Å². The minimum atomic E-state index is -3.47. The molecular formula is C13H15ClO5S. The molecule has 0 bridgehead atoms. The molecular weight excluding hydrogens is 304 g/mol. The molecule has 1 aliphatic heterocycles. The van der Waals surface area contributed by atoms with Crippen molar-refractivity contribution >= 4 is 27.4 Å². The van der Waals surface area contributed by atoms with Gasteiger partial charge in [0.2, 0.25) is 0 Å². The van der Waals surface area contributed by atoms with Gasteiger partial charge in [-0.15, -0.1) is 0 Å². The Morgan fingerprint density at radius 1 is 1.45 bits per heavy atom. The molecule has 1 saturated heterocycles. The van der Waals surface area contributed by atoms with Crippen LogP contribution in [0.2, 0.25) is 5.02 Å². The van der Waals surface area contributed by atoms with Gasteiger partial charge < -0.3 is 9.84 Å². The molecule has 110 valence electrons. The Labute approximate surface area is 122 Å². The summed E-state index contributed by atoms with van der Waals surface area (Å²) in [5, 5.41) is 8.78. The van der Waals surface area contributed by atoms with Crippen molar-refractivity contribution in [2.75, 3.05) is 12.4 Å². The minimum Gasteiger partial charge on any atom is -0.478 e. The highest BCUT2D eigenvalue weighted by molar-refractivity contribution is 7.91. The van der Waals surface area contributed by atoms with E-state index in [1.165, 1.54) is 18.2 Å². The van der Waals surface area contributed by atoms with Crippen LogP contribution < -0.4 is 0 Å². The molecule has 1 heterocycles. The lowest BCUT2D eigenvalue weighted by molar-refractivity contribution is 0.0697. The molecule has 1 aromatic rings. The second-order valence-electron chi connectivity index (χ2n) is 4.69. The lowest BCUT2D eigenvalue weighted by Gasteiger charge is -2.10. The van der Waals surface area contributed by atoms with Crippen molar-refractivity contribution in [1.29, 1.82) is 0 Å². The minimum absolute atomic E-state index is 0.00135. The molecule has 7 heteroatoms. The SMILES string of the molecule is O=C(O)c1ccc(S(=O)(=O)CCC2CCCO2)cc1Cl. The van der Waals surface area contributed by atoms with Gasteiger partial charge in [0, 0.05) is 6.61 Å². The second-order valence-corrected chi connectivity index (χ2v) is 7.21. The van der Waals surface area contributed by atoms with Crippen molar-refractivity contribution in [3.63, 3.8) is 0 Å². The molecule has 0 aromatic heterocycles. The number of carboxylic acid groups (broad SMARTS) is 1. The lowest BCUT2D eigenvalue weighted by Crippen LogP contribution is -2.14. The first kappa shape index (κ1) is 15.3. The van der Waals surface area contributed by atoms with Crippen LogP contribution in [0.5, 0.6) is 0 Å². The molecule has 0 saturated carbocycles. The molecule has 0 radical (unpaired) electrons. The molecule has 2 rings (SSSR count). The van der Waals surface area contributed by atoms with Gasteiger partial charge in [-0.05, 0) is 37.5 Å². The van der Waals surface area contributed by atoms with E-state index in [1.54, 1.807) is 0 Å². The van der Waals surface area contributed by atoms with Crippen LogP contribution in [0.1, 0.15) is 29.6 Å². The number of hydrogen-bond acceptors (Lipinski definition) is 4. The molecule has 1 atom stereocenters. The molecule has 0 aliphatic carbocycles. The van der Waals surface area contributed by atoms with E-state index < -0.39 is 15.8 Å². The van der Waals surface area contributed by atoms with Gasteiger partial charge in [0.05, 0.1) is 27.3 Å². The van der Waals surface area contributed by atoms with Gasteiger partial charge in [0.25, 0.3) is 0 Å². The van der Waals surface area contributed by atoms with Crippen LogP contribution >= 0.6 is 11.6 Å². The van der Waals surface area contributed by atoms with Crippen LogP contribution in [0.3, 0.4) is 0 Å². The van der Waals surface area contributed by atoms with E-state index in [4.69, 9.17) is 21.4 Å². The fraction of sp³-hybridized carbons (Fsp3) is 0.462. The molecule has 0 spiro atoms. The van der Waals surface area contributed by atoms with Crippen molar-refractivity contribution in [2.24, 2.45) is 0 Å². The summed E-state index contributed by atoms with van der Waals surface area (Å²) >= 11 is 5.79. The van der Waals surface area contributed by atoms with Crippen LogP contribution in [0.15, 0.2) is 23.1 Å². The second kappa shape index (κ2) is 6.11. The maximum Gasteiger partial charge on any atom is 0.337 e. The van der Waals surface area contributed by atoms with Gasteiger partial charge in [-0.3, -0.25) is 0 Å². The third-order valence-electron chi connectivity index (χ3n) is 3.26. The first-order valence-electron chi connectivity index (χ1n) is 6.27. The summed E-state index contributed by atoms with van der Waals surface area (Å²) in [5.41, 5.74) is -0.107. The maximum absolute atomic E-state index is 12.2. The number of ether oxygens (including phenoxy) is 1. The topological polar surface area (TPSA) is 80.7 Å². The van der Waals surface area contributed by atoms with Crippen molar-refractivity contribution in [3.05, 3.63) is 28.8 Å². The number of carbonyl (C=O) groups is 1. The van der Waals surface area contributed by atoms with E-state index >= 15 is 0 Å². The standard InChI is InChI=1S/C13H15ClO5S/c14-12-8-10(3-4-11(12)13(15)16)20(17,18)7-5-9-2-1-6-19-9/h3-4,8-9H,1-2,5-7H2,(H,15,16). The van der Waals surface area contributed by atoms with Gasteiger partial charge in [0.15, 0.2) is 9.84 Å². The van der Waals surface area contributed by atoms with Crippen molar-refractivity contribution < 1.29 is 23.1 Å². The van der Waals surface area contributed by atoms with Crippen molar-refractivity contribution in [2.45, 2.75) is 30.3 Å².